The van der Waals surface area contributed by atoms with Crippen molar-refractivity contribution in [3.05, 3.63) is 34.3 Å². The third-order valence-electron chi connectivity index (χ3n) is 5.10. The van der Waals surface area contributed by atoms with Crippen molar-refractivity contribution in [3.8, 4) is 11.5 Å². The molecular weight excluding hydrogens is 394 g/mol. The van der Waals surface area contributed by atoms with E-state index >= 15 is 0 Å². The smallest absolute Gasteiger partial charge is 0.257 e. The fraction of sp³-hybridized carbons (Fsp3) is 0.400. The monoisotopic (exact) mass is 415 g/mol. The zero-order chi connectivity index (χ0) is 20.5. The van der Waals surface area contributed by atoms with Crippen LogP contribution >= 0.6 is 11.3 Å². The molecule has 1 aliphatic heterocycles. The lowest BCUT2D eigenvalue weighted by Crippen LogP contribution is -2.39. The Labute approximate surface area is 171 Å². The molecule has 0 spiro atoms. The standard InChI is InChI=1S/C20H21N3O5S/c1-3-23(4-2)19(26)12-7-13-17(14(24)8-12)29-20(21-13)22-18(25)11-5-6-15-16(9-11)28-10-27-15/h5-6,9,12H,3-4,7-8,10H2,1-2H3,(H,21,22,25). The van der Waals surface area contributed by atoms with E-state index in [4.69, 9.17) is 9.47 Å². The van der Waals surface area contributed by atoms with Crippen LogP contribution in [0.4, 0.5) is 5.13 Å². The lowest BCUT2D eigenvalue weighted by Gasteiger charge is -2.26. The Kier molecular flexibility index (Phi) is 5.23. The van der Waals surface area contributed by atoms with E-state index in [2.05, 4.69) is 10.3 Å². The second kappa shape index (κ2) is 7.82. The first-order valence-electron chi connectivity index (χ1n) is 9.52. The number of fused-ring (bicyclic) bond motifs is 2. The average Bonchev–Trinajstić information content (AvgIpc) is 3.34. The van der Waals surface area contributed by atoms with Gasteiger partial charge in [-0.3, -0.25) is 19.7 Å². The number of nitrogens with one attached hydrogen (secondary N) is 1. The van der Waals surface area contributed by atoms with Gasteiger partial charge in [-0.25, -0.2) is 4.98 Å². The summed E-state index contributed by atoms with van der Waals surface area (Å²) in [7, 11) is 0. The van der Waals surface area contributed by atoms with Gasteiger partial charge in [0.2, 0.25) is 12.7 Å². The number of thiazole rings is 1. The highest BCUT2D eigenvalue weighted by Crippen LogP contribution is 2.35. The molecule has 1 N–H and O–H groups in total. The Morgan fingerprint density at radius 3 is 2.72 bits per heavy atom. The number of carbonyl (C=O) groups excluding carboxylic acids is 3. The van der Waals surface area contributed by atoms with Crippen molar-refractivity contribution in [2.45, 2.75) is 26.7 Å². The Balaban J connectivity index is 1.49. The van der Waals surface area contributed by atoms with Gasteiger partial charge in [0.15, 0.2) is 22.4 Å². The number of hydrogen-bond acceptors (Lipinski definition) is 7. The molecule has 0 saturated carbocycles. The molecule has 2 aromatic rings. The molecule has 0 bridgehead atoms. The Morgan fingerprint density at radius 2 is 1.97 bits per heavy atom. The summed E-state index contributed by atoms with van der Waals surface area (Å²) in [6, 6.07) is 4.92. The first-order chi connectivity index (χ1) is 14.0. The van der Waals surface area contributed by atoms with Crippen molar-refractivity contribution in [3.63, 3.8) is 0 Å². The molecular formula is C20H21N3O5S. The summed E-state index contributed by atoms with van der Waals surface area (Å²) in [5, 5.41) is 3.09. The number of rotatable bonds is 5. The molecule has 2 aliphatic rings. The van der Waals surface area contributed by atoms with E-state index in [0.717, 1.165) is 11.3 Å². The molecule has 1 unspecified atom stereocenters. The van der Waals surface area contributed by atoms with Gasteiger partial charge >= 0.3 is 0 Å². The third-order valence-corrected chi connectivity index (χ3v) is 6.16. The van der Waals surface area contributed by atoms with E-state index in [9.17, 15) is 14.4 Å². The largest absolute Gasteiger partial charge is 0.454 e. The van der Waals surface area contributed by atoms with Crippen LogP contribution in [-0.2, 0) is 11.2 Å². The summed E-state index contributed by atoms with van der Waals surface area (Å²) in [6.45, 7) is 5.20. The van der Waals surface area contributed by atoms with E-state index in [0.29, 0.717) is 52.3 Å². The van der Waals surface area contributed by atoms with Crippen molar-refractivity contribution in [1.82, 2.24) is 9.88 Å². The van der Waals surface area contributed by atoms with Crippen molar-refractivity contribution in [2.75, 3.05) is 25.2 Å². The van der Waals surface area contributed by atoms with Crippen molar-refractivity contribution >= 4 is 34.1 Å². The second-order valence-electron chi connectivity index (χ2n) is 6.86. The van der Waals surface area contributed by atoms with Crippen LogP contribution in [-0.4, -0.2) is 47.4 Å². The van der Waals surface area contributed by atoms with Crippen LogP contribution < -0.4 is 14.8 Å². The maximum atomic E-state index is 12.6. The zero-order valence-corrected chi connectivity index (χ0v) is 17.0. The minimum Gasteiger partial charge on any atom is -0.454 e. The number of hydrogen-bond donors (Lipinski definition) is 1. The summed E-state index contributed by atoms with van der Waals surface area (Å²) in [5.41, 5.74) is 0.987. The summed E-state index contributed by atoms with van der Waals surface area (Å²) >= 11 is 1.15. The molecule has 1 aromatic heterocycles. The topological polar surface area (TPSA) is 97.8 Å². The predicted molar refractivity (Wildman–Crippen MR) is 107 cm³/mol. The normalized spacial score (nSPS) is 17.0. The summed E-state index contributed by atoms with van der Waals surface area (Å²) in [5.74, 6) is 0.252. The highest BCUT2D eigenvalue weighted by atomic mass is 32.1. The van der Waals surface area contributed by atoms with Crippen molar-refractivity contribution < 1.29 is 23.9 Å². The van der Waals surface area contributed by atoms with E-state index < -0.39 is 5.92 Å². The third kappa shape index (κ3) is 3.69. The van der Waals surface area contributed by atoms with Gasteiger partial charge in [0.1, 0.15) is 0 Å². The Morgan fingerprint density at radius 1 is 1.21 bits per heavy atom. The van der Waals surface area contributed by atoms with Crippen LogP contribution in [0.5, 0.6) is 11.5 Å². The summed E-state index contributed by atoms with van der Waals surface area (Å²) < 4.78 is 10.5. The second-order valence-corrected chi connectivity index (χ2v) is 7.85. The lowest BCUT2D eigenvalue weighted by atomic mass is 9.89. The predicted octanol–water partition coefficient (Wildman–Crippen LogP) is 2.74. The highest BCUT2D eigenvalue weighted by Gasteiger charge is 2.34. The molecule has 29 heavy (non-hydrogen) atoms. The Hall–Kier alpha value is -2.94. The number of benzene rings is 1. The molecule has 2 heterocycles. The van der Waals surface area contributed by atoms with Gasteiger partial charge in [-0.1, -0.05) is 11.3 Å². The quantitative estimate of drug-likeness (QED) is 0.806. The van der Waals surface area contributed by atoms with E-state index in [1.165, 1.54) is 0 Å². The fourth-order valence-electron chi connectivity index (χ4n) is 3.56. The first kappa shape index (κ1) is 19.4. The minimum absolute atomic E-state index is 0.0204. The number of nitrogens with zero attached hydrogens (tertiary/aromatic N) is 2. The van der Waals surface area contributed by atoms with E-state index in [1.54, 1.807) is 23.1 Å². The number of Topliss-reactive ketones (excluding diaryl/α,β-unsaturated/α-hetero) is 1. The molecule has 9 heteroatoms. The van der Waals surface area contributed by atoms with Gasteiger partial charge in [0.25, 0.3) is 5.91 Å². The van der Waals surface area contributed by atoms with Gasteiger partial charge in [-0.2, -0.15) is 0 Å². The molecule has 4 rings (SSSR count). The fourth-order valence-corrected chi connectivity index (χ4v) is 4.50. The first-order valence-corrected chi connectivity index (χ1v) is 10.3. The molecule has 2 amide bonds. The zero-order valence-electron chi connectivity index (χ0n) is 16.2. The van der Waals surface area contributed by atoms with Crippen molar-refractivity contribution in [1.29, 1.82) is 0 Å². The number of amides is 2. The number of ether oxygens (including phenoxy) is 2. The molecule has 0 saturated heterocycles. The molecule has 1 atom stereocenters. The van der Waals surface area contributed by atoms with Gasteiger partial charge in [-0.05, 0) is 32.0 Å². The molecule has 0 fully saturated rings. The Bertz CT molecular complexity index is 982. The van der Waals surface area contributed by atoms with Crippen LogP contribution in [0.15, 0.2) is 18.2 Å². The van der Waals surface area contributed by atoms with E-state index in [1.807, 2.05) is 13.8 Å². The minimum atomic E-state index is -0.394. The van der Waals surface area contributed by atoms with Crippen molar-refractivity contribution in [2.24, 2.45) is 5.92 Å². The van der Waals surface area contributed by atoms with Gasteiger partial charge in [-0.15, -0.1) is 0 Å². The van der Waals surface area contributed by atoms with Crippen LogP contribution in [0.1, 0.15) is 46.0 Å². The van der Waals surface area contributed by atoms with Gasteiger partial charge < -0.3 is 14.4 Å². The molecule has 0 radical (unpaired) electrons. The molecule has 152 valence electrons. The molecule has 1 aliphatic carbocycles. The SMILES string of the molecule is CCN(CC)C(=O)C1CC(=O)c2sc(NC(=O)c3ccc4c(c3)OCO4)nc2C1. The summed E-state index contributed by atoms with van der Waals surface area (Å²) in [4.78, 5) is 44.4. The average molecular weight is 415 g/mol. The van der Waals surface area contributed by atoms with Crippen LogP contribution in [0.3, 0.4) is 0 Å². The maximum Gasteiger partial charge on any atom is 0.257 e. The number of carbonyl (C=O) groups is 3. The number of ketones is 1. The lowest BCUT2D eigenvalue weighted by molar-refractivity contribution is -0.135. The molecule has 1 aromatic carbocycles. The van der Waals surface area contributed by atoms with Crippen LogP contribution in [0.25, 0.3) is 0 Å². The maximum absolute atomic E-state index is 12.6. The van der Waals surface area contributed by atoms with E-state index in [-0.39, 0.29) is 30.8 Å². The van der Waals surface area contributed by atoms with Crippen LogP contribution in [0.2, 0.25) is 0 Å². The molecule has 8 nitrogen and oxygen atoms in total. The number of anilines is 1. The number of aromatic nitrogens is 1. The highest BCUT2D eigenvalue weighted by molar-refractivity contribution is 7.17. The van der Waals surface area contributed by atoms with Gasteiger partial charge in [0.05, 0.1) is 16.5 Å². The van der Waals surface area contributed by atoms with Gasteiger partial charge in [0, 0.05) is 31.5 Å². The summed E-state index contributed by atoms with van der Waals surface area (Å²) in [6.07, 6.45) is 0.590. The van der Waals surface area contributed by atoms with Crippen LogP contribution in [0, 0.1) is 5.92 Å².